The van der Waals surface area contributed by atoms with Crippen molar-refractivity contribution in [1.82, 2.24) is 5.32 Å². The Labute approximate surface area is 88.9 Å². The van der Waals surface area contributed by atoms with Crippen LogP contribution in [-0.2, 0) is 11.2 Å². The number of carboxylic acids is 1. The van der Waals surface area contributed by atoms with Crippen molar-refractivity contribution in [1.29, 1.82) is 0 Å². The number of carbonyl (C=O) groups is 1. The van der Waals surface area contributed by atoms with Crippen LogP contribution in [0.5, 0.6) is 5.75 Å². The Hall–Kier alpha value is -1.55. The lowest BCUT2D eigenvalue weighted by atomic mass is 10.1. The van der Waals surface area contributed by atoms with Crippen molar-refractivity contribution in [3.05, 3.63) is 29.8 Å². The van der Waals surface area contributed by atoms with Crippen LogP contribution < -0.4 is 10.1 Å². The molecule has 2 N–H and O–H groups in total. The SMILES string of the molecule is CN[C@H](Cc1ccc(OC)cc1)C(=O)O. The number of nitrogens with one attached hydrogen (secondary N) is 1. The summed E-state index contributed by atoms with van der Waals surface area (Å²) >= 11 is 0. The van der Waals surface area contributed by atoms with E-state index in [1.807, 2.05) is 24.3 Å². The van der Waals surface area contributed by atoms with Crippen LogP contribution in [0, 0.1) is 0 Å². The highest BCUT2D eigenvalue weighted by molar-refractivity contribution is 5.73. The molecule has 0 aliphatic heterocycles. The molecular formula is C11H15NO3. The van der Waals surface area contributed by atoms with Gasteiger partial charge in [0.1, 0.15) is 11.8 Å². The van der Waals surface area contributed by atoms with E-state index in [0.29, 0.717) is 6.42 Å². The van der Waals surface area contributed by atoms with E-state index >= 15 is 0 Å². The molecule has 1 aromatic rings. The summed E-state index contributed by atoms with van der Waals surface area (Å²) < 4.78 is 5.02. The fraction of sp³-hybridized carbons (Fsp3) is 0.364. The van der Waals surface area contributed by atoms with Crippen molar-refractivity contribution >= 4 is 5.97 Å². The maximum atomic E-state index is 10.8. The molecule has 0 saturated carbocycles. The molecule has 0 heterocycles. The lowest BCUT2D eigenvalue weighted by Crippen LogP contribution is -2.35. The lowest BCUT2D eigenvalue weighted by molar-refractivity contribution is -0.139. The molecule has 0 aliphatic rings. The van der Waals surface area contributed by atoms with Gasteiger partial charge in [-0.1, -0.05) is 12.1 Å². The molecule has 1 aromatic carbocycles. The van der Waals surface area contributed by atoms with Gasteiger partial charge in [0.2, 0.25) is 0 Å². The number of hydrogen-bond acceptors (Lipinski definition) is 3. The van der Waals surface area contributed by atoms with Gasteiger partial charge < -0.3 is 15.2 Å². The summed E-state index contributed by atoms with van der Waals surface area (Å²) in [6.45, 7) is 0. The van der Waals surface area contributed by atoms with Crippen LogP contribution in [0.2, 0.25) is 0 Å². The molecule has 15 heavy (non-hydrogen) atoms. The van der Waals surface area contributed by atoms with Gasteiger partial charge in [-0.25, -0.2) is 0 Å². The van der Waals surface area contributed by atoms with E-state index in [1.54, 1.807) is 14.2 Å². The minimum atomic E-state index is -0.840. The van der Waals surface area contributed by atoms with Gasteiger partial charge in [-0.2, -0.15) is 0 Å². The summed E-state index contributed by atoms with van der Waals surface area (Å²) in [5.41, 5.74) is 0.970. The molecule has 0 amide bonds. The fourth-order valence-corrected chi connectivity index (χ4v) is 1.31. The van der Waals surface area contributed by atoms with Gasteiger partial charge in [-0.3, -0.25) is 4.79 Å². The first-order valence-electron chi connectivity index (χ1n) is 4.70. The average molecular weight is 209 g/mol. The molecule has 1 rings (SSSR count). The fourth-order valence-electron chi connectivity index (χ4n) is 1.31. The Morgan fingerprint density at radius 2 is 2.07 bits per heavy atom. The van der Waals surface area contributed by atoms with Crippen LogP contribution in [0.3, 0.4) is 0 Å². The number of hydrogen-bond donors (Lipinski definition) is 2. The molecule has 0 aromatic heterocycles. The van der Waals surface area contributed by atoms with E-state index in [-0.39, 0.29) is 0 Å². The van der Waals surface area contributed by atoms with Gasteiger partial charge in [0.25, 0.3) is 0 Å². The number of methoxy groups -OCH3 is 1. The van der Waals surface area contributed by atoms with Crippen molar-refractivity contribution < 1.29 is 14.6 Å². The predicted molar refractivity (Wildman–Crippen MR) is 57.2 cm³/mol. The molecule has 0 saturated heterocycles. The molecule has 0 bridgehead atoms. The van der Waals surface area contributed by atoms with Gasteiger partial charge in [0.15, 0.2) is 0 Å². The monoisotopic (exact) mass is 209 g/mol. The van der Waals surface area contributed by atoms with Crippen LogP contribution in [-0.4, -0.2) is 31.3 Å². The molecule has 1 atom stereocenters. The van der Waals surface area contributed by atoms with Gasteiger partial charge >= 0.3 is 5.97 Å². The van der Waals surface area contributed by atoms with E-state index in [0.717, 1.165) is 11.3 Å². The Morgan fingerprint density at radius 1 is 1.47 bits per heavy atom. The molecular weight excluding hydrogens is 194 g/mol. The third-order valence-electron chi connectivity index (χ3n) is 2.25. The van der Waals surface area contributed by atoms with Crippen LogP contribution in [0.15, 0.2) is 24.3 Å². The number of ether oxygens (including phenoxy) is 1. The number of likely N-dealkylation sites (N-methyl/N-ethyl adjacent to an activating group) is 1. The Morgan fingerprint density at radius 3 is 2.47 bits per heavy atom. The van der Waals surface area contributed by atoms with Crippen LogP contribution in [0.25, 0.3) is 0 Å². The molecule has 4 heteroatoms. The number of benzene rings is 1. The molecule has 0 unspecified atom stereocenters. The largest absolute Gasteiger partial charge is 0.497 e. The number of carboxylic acid groups (broad SMARTS) is 1. The summed E-state index contributed by atoms with van der Waals surface area (Å²) in [4.78, 5) is 10.8. The predicted octanol–water partition coefficient (Wildman–Crippen LogP) is 0.910. The van der Waals surface area contributed by atoms with Crippen LogP contribution >= 0.6 is 0 Å². The van der Waals surface area contributed by atoms with Crippen LogP contribution in [0.1, 0.15) is 5.56 Å². The molecule has 0 aliphatic carbocycles. The smallest absolute Gasteiger partial charge is 0.321 e. The highest BCUT2D eigenvalue weighted by Gasteiger charge is 2.14. The second-order valence-corrected chi connectivity index (χ2v) is 3.23. The zero-order valence-electron chi connectivity index (χ0n) is 8.86. The van der Waals surface area contributed by atoms with Crippen molar-refractivity contribution in [2.24, 2.45) is 0 Å². The van der Waals surface area contributed by atoms with E-state index in [9.17, 15) is 4.79 Å². The molecule has 4 nitrogen and oxygen atoms in total. The standard InChI is InChI=1S/C11H15NO3/c1-12-10(11(13)14)7-8-3-5-9(15-2)6-4-8/h3-6,10,12H,7H2,1-2H3,(H,13,14)/t10-/m1/s1. The van der Waals surface area contributed by atoms with Gasteiger partial charge in [0.05, 0.1) is 7.11 Å². The van der Waals surface area contributed by atoms with Gasteiger partial charge in [0, 0.05) is 0 Å². The van der Waals surface area contributed by atoms with Crippen LogP contribution in [0.4, 0.5) is 0 Å². The van der Waals surface area contributed by atoms with Crippen molar-refractivity contribution in [3.8, 4) is 5.75 Å². The molecule has 0 radical (unpaired) electrons. The first-order valence-corrected chi connectivity index (χ1v) is 4.70. The summed E-state index contributed by atoms with van der Waals surface area (Å²) in [7, 11) is 3.24. The lowest BCUT2D eigenvalue weighted by Gasteiger charge is -2.11. The third kappa shape index (κ3) is 3.25. The van der Waals surface area contributed by atoms with E-state index < -0.39 is 12.0 Å². The molecule has 0 fully saturated rings. The van der Waals surface area contributed by atoms with Crippen molar-refractivity contribution in [2.75, 3.05) is 14.2 Å². The summed E-state index contributed by atoms with van der Waals surface area (Å²) in [6, 6.07) is 6.84. The Kier molecular flexibility index (Phi) is 4.12. The Bertz CT molecular complexity index is 321. The van der Waals surface area contributed by atoms with Crippen molar-refractivity contribution in [2.45, 2.75) is 12.5 Å². The van der Waals surface area contributed by atoms with Gasteiger partial charge in [-0.15, -0.1) is 0 Å². The number of aliphatic carboxylic acids is 1. The zero-order valence-corrected chi connectivity index (χ0v) is 8.86. The van der Waals surface area contributed by atoms with E-state index in [1.165, 1.54) is 0 Å². The second-order valence-electron chi connectivity index (χ2n) is 3.23. The molecule has 82 valence electrons. The Balaban J connectivity index is 2.67. The minimum absolute atomic E-state index is 0.468. The van der Waals surface area contributed by atoms with Crippen molar-refractivity contribution in [3.63, 3.8) is 0 Å². The highest BCUT2D eigenvalue weighted by atomic mass is 16.5. The second kappa shape index (κ2) is 5.36. The normalized spacial score (nSPS) is 12.1. The average Bonchev–Trinajstić information content (AvgIpc) is 2.26. The number of rotatable bonds is 5. The third-order valence-corrected chi connectivity index (χ3v) is 2.25. The first-order chi connectivity index (χ1) is 7.17. The maximum absolute atomic E-state index is 10.8. The first kappa shape index (κ1) is 11.5. The molecule has 0 spiro atoms. The topological polar surface area (TPSA) is 58.6 Å². The maximum Gasteiger partial charge on any atom is 0.321 e. The summed E-state index contributed by atoms with van der Waals surface area (Å²) in [5.74, 6) is -0.0663. The zero-order chi connectivity index (χ0) is 11.3. The van der Waals surface area contributed by atoms with Gasteiger partial charge in [-0.05, 0) is 31.2 Å². The van der Waals surface area contributed by atoms with E-state index in [2.05, 4.69) is 5.32 Å². The highest BCUT2D eigenvalue weighted by Crippen LogP contribution is 2.12. The van der Waals surface area contributed by atoms with E-state index in [4.69, 9.17) is 9.84 Å². The summed E-state index contributed by atoms with van der Waals surface area (Å²) in [5, 5.41) is 11.6. The minimum Gasteiger partial charge on any atom is -0.497 e. The summed E-state index contributed by atoms with van der Waals surface area (Å²) in [6.07, 6.45) is 0.468. The quantitative estimate of drug-likeness (QED) is 0.756.